The number of carbonyl (C=O) groups excluding carboxylic acids is 3. The summed E-state index contributed by atoms with van der Waals surface area (Å²) in [4.78, 5) is 37.5. The molecule has 1 aliphatic heterocycles. The van der Waals surface area contributed by atoms with Crippen molar-refractivity contribution in [2.45, 2.75) is 6.42 Å². The summed E-state index contributed by atoms with van der Waals surface area (Å²) in [6.45, 7) is -0.447. The Bertz CT molecular complexity index is 1210. The number of hydrogen-bond acceptors (Lipinski definition) is 5. The van der Waals surface area contributed by atoms with E-state index in [1.807, 2.05) is 12.2 Å². The quantitative estimate of drug-likeness (QED) is 0.363. The molecule has 5 rings (SSSR count). The Kier molecular flexibility index (Phi) is 5.87. The lowest BCUT2D eigenvalue weighted by Crippen LogP contribution is -2.28. The van der Waals surface area contributed by atoms with Gasteiger partial charge in [-0.25, -0.2) is 4.39 Å². The van der Waals surface area contributed by atoms with Crippen LogP contribution in [0, 0.1) is 29.5 Å². The van der Waals surface area contributed by atoms with Crippen molar-refractivity contribution < 1.29 is 23.5 Å². The van der Waals surface area contributed by atoms with Gasteiger partial charge in [-0.3, -0.25) is 14.4 Å². The highest BCUT2D eigenvalue weighted by Crippen LogP contribution is 2.52. The average Bonchev–Trinajstić information content (AvgIpc) is 3.47. The van der Waals surface area contributed by atoms with E-state index in [-0.39, 0.29) is 57.0 Å². The van der Waals surface area contributed by atoms with Gasteiger partial charge in [0.2, 0.25) is 0 Å². The first kappa shape index (κ1) is 22.6. The third kappa shape index (κ3) is 3.97. The number of amides is 3. The first-order valence-electron chi connectivity index (χ1n) is 10.6. The third-order valence-corrected chi connectivity index (χ3v) is 6.85. The molecule has 0 unspecified atom stereocenters. The van der Waals surface area contributed by atoms with E-state index < -0.39 is 18.3 Å². The highest BCUT2D eigenvalue weighted by molar-refractivity contribution is 6.37. The van der Waals surface area contributed by atoms with E-state index in [1.165, 1.54) is 36.5 Å². The van der Waals surface area contributed by atoms with Crippen LogP contribution in [0.2, 0.25) is 10.0 Å². The summed E-state index contributed by atoms with van der Waals surface area (Å²) in [5.74, 6) is -2.15. The van der Waals surface area contributed by atoms with Gasteiger partial charge < -0.3 is 10.1 Å². The molecule has 1 saturated carbocycles. The molecule has 0 spiro atoms. The Labute approximate surface area is 204 Å². The zero-order valence-electron chi connectivity index (χ0n) is 17.6. The highest BCUT2D eigenvalue weighted by atomic mass is 35.5. The summed E-state index contributed by atoms with van der Waals surface area (Å²) in [5.41, 5.74) is 0.468. The molecule has 1 N–H and O–H groups in total. The number of carbonyl (C=O) groups is 3. The molecule has 4 atom stereocenters. The number of benzene rings is 2. The van der Waals surface area contributed by atoms with Crippen LogP contribution >= 0.6 is 23.2 Å². The van der Waals surface area contributed by atoms with Gasteiger partial charge in [0.05, 0.1) is 33.8 Å². The van der Waals surface area contributed by atoms with Gasteiger partial charge in [0.1, 0.15) is 5.82 Å². The first-order valence-corrected chi connectivity index (χ1v) is 11.4. The number of anilines is 1. The van der Waals surface area contributed by atoms with Crippen LogP contribution < -0.4 is 10.1 Å². The Morgan fingerprint density at radius 3 is 2.35 bits per heavy atom. The van der Waals surface area contributed by atoms with Crippen molar-refractivity contribution in [3.05, 3.63) is 70.0 Å². The highest BCUT2D eigenvalue weighted by Gasteiger charge is 2.59. The van der Waals surface area contributed by atoms with Crippen LogP contribution in [0.5, 0.6) is 5.75 Å². The van der Waals surface area contributed by atoms with E-state index in [2.05, 4.69) is 10.4 Å². The number of hydrogen-bond donors (Lipinski definition) is 1. The zero-order chi connectivity index (χ0) is 24.0. The second-order valence-corrected chi connectivity index (χ2v) is 9.18. The fourth-order valence-corrected chi connectivity index (χ4v) is 5.42. The number of hydrazone groups is 1. The van der Waals surface area contributed by atoms with Crippen LogP contribution in [0.1, 0.15) is 12.0 Å². The largest absolute Gasteiger partial charge is 0.481 e. The van der Waals surface area contributed by atoms with Gasteiger partial charge in [-0.1, -0.05) is 47.5 Å². The third-order valence-electron chi connectivity index (χ3n) is 6.29. The van der Waals surface area contributed by atoms with Gasteiger partial charge in [0.25, 0.3) is 17.7 Å². The number of rotatable bonds is 6. The lowest BCUT2D eigenvalue weighted by molar-refractivity contribution is -0.140. The number of ether oxygens (including phenoxy) is 1. The fourth-order valence-electron chi connectivity index (χ4n) is 4.80. The molecular formula is C24H18Cl2FN3O4. The summed E-state index contributed by atoms with van der Waals surface area (Å²) in [6, 6.07) is 8.71. The van der Waals surface area contributed by atoms with Crippen LogP contribution in [-0.4, -0.2) is 35.6 Å². The van der Waals surface area contributed by atoms with Crippen molar-refractivity contribution in [2.24, 2.45) is 28.8 Å². The number of nitrogens with zero attached hydrogens (tertiary/aromatic N) is 2. The molecule has 2 bridgehead atoms. The minimum absolute atomic E-state index is 0.0267. The molecule has 174 valence electrons. The smallest absolute Gasteiger partial charge is 0.262 e. The molecule has 2 aliphatic carbocycles. The summed E-state index contributed by atoms with van der Waals surface area (Å²) in [5, 5.41) is 7.63. The van der Waals surface area contributed by atoms with Crippen molar-refractivity contribution in [1.29, 1.82) is 0 Å². The number of nitrogens with one attached hydrogen (secondary N) is 1. The predicted octanol–water partition coefficient (Wildman–Crippen LogP) is 4.29. The Hall–Kier alpha value is -3.23. The second kappa shape index (κ2) is 8.85. The molecule has 1 saturated heterocycles. The molecule has 2 fully saturated rings. The van der Waals surface area contributed by atoms with Crippen LogP contribution in [0.15, 0.2) is 53.7 Å². The van der Waals surface area contributed by atoms with Crippen LogP contribution in [0.25, 0.3) is 0 Å². The minimum Gasteiger partial charge on any atom is -0.481 e. The Morgan fingerprint density at radius 1 is 1.12 bits per heavy atom. The van der Waals surface area contributed by atoms with Gasteiger partial charge in [-0.2, -0.15) is 10.1 Å². The molecule has 3 aliphatic rings. The van der Waals surface area contributed by atoms with Crippen molar-refractivity contribution in [3.8, 4) is 5.75 Å². The lowest BCUT2D eigenvalue weighted by atomic mass is 9.85. The minimum atomic E-state index is -0.595. The van der Waals surface area contributed by atoms with E-state index in [4.69, 9.17) is 27.9 Å². The maximum atomic E-state index is 13.7. The maximum absolute atomic E-state index is 13.7. The molecule has 10 heteroatoms. The fraction of sp³-hybridized carbons (Fsp3) is 0.250. The summed E-state index contributed by atoms with van der Waals surface area (Å²) >= 11 is 12.5. The summed E-state index contributed by atoms with van der Waals surface area (Å²) < 4.78 is 19.1. The van der Waals surface area contributed by atoms with E-state index in [9.17, 15) is 18.8 Å². The molecule has 0 aromatic heterocycles. The van der Waals surface area contributed by atoms with Gasteiger partial charge in [0.15, 0.2) is 12.4 Å². The molecule has 34 heavy (non-hydrogen) atoms. The monoisotopic (exact) mass is 501 g/mol. The van der Waals surface area contributed by atoms with E-state index in [1.54, 1.807) is 6.07 Å². The van der Waals surface area contributed by atoms with Gasteiger partial charge in [0, 0.05) is 0 Å². The standard InChI is InChI=1S/C24H18Cl2FN3O4/c25-15-7-12(10-28-30-23(32)20-13-5-6-14(9-13)21(20)24(30)33)8-16(26)22(15)34-11-19(31)29-18-4-2-1-3-17(18)27/h1-8,10,13-14,20-21H,9,11H2,(H,29,31)/t13-,14-,20-,21+/m0/s1. The lowest BCUT2D eigenvalue weighted by Gasteiger charge is -2.13. The Morgan fingerprint density at radius 2 is 1.74 bits per heavy atom. The van der Waals surface area contributed by atoms with E-state index in [0.29, 0.717) is 5.56 Å². The van der Waals surface area contributed by atoms with E-state index in [0.717, 1.165) is 11.4 Å². The summed E-state index contributed by atoms with van der Waals surface area (Å²) in [6.07, 6.45) is 6.20. The molecule has 0 radical (unpaired) electrons. The number of imide groups is 1. The summed E-state index contributed by atoms with van der Waals surface area (Å²) in [7, 11) is 0. The normalized spacial score (nSPS) is 24.9. The zero-order valence-corrected chi connectivity index (χ0v) is 19.1. The van der Waals surface area contributed by atoms with Gasteiger partial charge in [-0.15, -0.1) is 0 Å². The number of allylic oxidation sites excluding steroid dienone is 2. The van der Waals surface area contributed by atoms with Crippen LogP contribution in [0.3, 0.4) is 0 Å². The molecular weight excluding hydrogens is 484 g/mol. The molecule has 7 nitrogen and oxygen atoms in total. The van der Waals surface area contributed by atoms with Gasteiger partial charge >= 0.3 is 0 Å². The second-order valence-electron chi connectivity index (χ2n) is 8.36. The van der Waals surface area contributed by atoms with Gasteiger partial charge in [-0.05, 0) is 48.1 Å². The average molecular weight is 502 g/mol. The van der Waals surface area contributed by atoms with Crippen molar-refractivity contribution in [1.82, 2.24) is 5.01 Å². The number of fused-ring (bicyclic) bond motifs is 5. The van der Waals surface area contributed by atoms with Crippen LogP contribution in [-0.2, 0) is 14.4 Å². The number of para-hydroxylation sites is 1. The topological polar surface area (TPSA) is 88.1 Å². The maximum Gasteiger partial charge on any atom is 0.262 e. The SMILES string of the molecule is O=C(COc1c(Cl)cc(C=NN2C(=O)[C@@H]3[C@H](C2=O)[C@H]2C=C[C@H]3C2)cc1Cl)Nc1ccccc1F. The van der Waals surface area contributed by atoms with Crippen molar-refractivity contribution in [3.63, 3.8) is 0 Å². The van der Waals surface area contributed by atoms with Crippen LogP contribution in [0.4, 0.5) is 10.1 Å². The molecule has 2 aromatic rings. The predicted molar refractivity (Wildman–Crippen MR) is 124 cm³/mol. The molecule has 1 heterocycles. The first-order chi connectivity index (χ1) is 16.3. The Balaban J connectivity index is 1.24. The molecule has 3 amide bonds. The van der Waals surface area contributed by atoms with E-state index >= 15 is 0 Å². The van der Waals surface area contributed by atoms with Crippen molar-refractivity contribution >= 4 is 52.8 Å². The van der Waals surface area contributed by atoms with Crippen molar-refractivity contribution in [2.75, 3.05) is 11.9 Å². The molecule has 2 aromatic carbocycles. The number of halogens is 3.